The summed E-state index contributed by atoms with van der Waals surface area (Å²) >= 11 is 1.48. The Balaban J connectivity index is 2.84. The van der Waals surface area contributed by atoms with Crippen LogP contribution < -0.4 is 22.1 Å². The molecule has 8 N–H and O–H groups in total. The van der Waals surface area contributed by atoms with Gasteiger partial charge in [-0.25, -0.2) is 4.79 Å². The molecule has 172 valence electrons. The van der Waals surface area contributed by atoms with Crippen molar-refractivity contribution >= 4 is 35.5 Å². The molecule has 1 fully saturated rings. The van der Waals surface area contributed by atoms with Crippen molar-refractivity contribution in [2.24, 2.45) is 11.5 Å². The maximum Gasteiger partial charge on any atom is 0.326 e. The lowest BCUT2D eigenvalue weighted by Gasteiger charge is -2.26. The Labute approximate surface area is 180 Å². The molecular formula is C18H33N5O6S. The minimum absolute atomic E-state index is 0.00196. The van der Waals surface area contributed by atoms with Crippen LogP contribution in [0, 0.1) is 0 Å². The number of unbranched alkanes of at least 4 members (excludes halogenated alkanes) is 1. The zero-order valence-electron chi connectivity index (χ0n) is 17.2. The monoisotopic (exact) mass is 447 g/mol. The van der Waals surface area contributed by atoms with Gasteiger partial charge in [-0.2, -0.15) is 11.8 Å². The third-order valence-corrected chi connectivity index (χ3v) is 5.53. The number of nitrogens with one attached hydrogen (secondary N) is 2. The van der Waals surface area contributed by atoms with Gasteiger partial charge >= 0.3 is 5.97 Å². The van der Waals surface area contributed by atoms with E-state index in [1.165, 1.54) is 16.7 Å². The molecule has 0 aliphatic carbocycles. The number of aliphatic carboxylic acids is 1. The Morgan fingerprint density at radius 1 is 1.13 bits per heavy atom. The summed E-state index contributed by atoms with van der Waals surface area (Å²) in [5.74, 6) is -2.25. The highest BCUT2D eigenvalue weighted by Gasteiger charge is 2.39. The van der Waals surface area contributed by atoms with Crippen molar-refractivity contribution in [2.45, 2.75) is 56.3 Å². The largest absolute Gasteiger partial charge is 0.480 e. The van der Waals surface area contributed by atoms with Gasteiger partial charge in [0.2, 0.25) is 17.7 Å². The number of thioether (sulfide) groups is 1. The number of likely N-dealkylation sites (tertiary alicyclic amines) is 1. The van der Waals surface area contributed by atoms with Crippen molar-refractivity contribution in [2.75, 3.05) is 31.6 Å². The molecule has 30 heavy (non-hydrogen) atoms. The number of carbonyl (C=O) groups excluding carboxylic acids is 3. The molecule has 1 aliphatic rings. The van der Waals surface area contributed by atoms with Crippen LogP contribution in [0.25, 0.3) is 0 Å². The van der Waals surface area contributed by atoms with E-state index in [4.69, 9.17) is 11.5 Å². The van der Waals surface area contributed by atoms with E-state index in [0.29, 0.717) is 25.1 Å². The van der Waals surface area contributed by atoms with Crippen LogP contribution in [0.15, 0.2) is 0 Å². The Hall–Kier alpha value is -1.89. The van der Waals surface area contributed by atoms with E-state index >= 15 is 0 Å². The van der Waals surface area contributed by atoms with Crippen molar-refractivity contribution in [3.8, 4) is 0 Å². The van der Waals surface area contributed by atoms with E-state index in [-0.39, 0.29) is 32.4 Å². The summed E-state index contributed by atoms with van der Waals surface area (Å²) in [6.07, 6.45) is 2.74. The summed E-state index contributed by atoms with van der Waals surface area (Å²) in [5, 5.41) is 24.3. The maximum atomic E-state index is 12.8. The molecule has 0 aromatic carbocycles. The second-order valence-corrected chi connectivity index (χ2v) is 8.17. The van der Waals surface area contributed by atoms with E-state index in [9.17, 15) is 29.4 Å². The number of aliphatic hydroxyl groups is 1. The maximum absolute atomic E-state index is 12.8. The van der Waals surface area contributed by atoms with E-state index < -0.39 is 47.9 Å². The molecule has 1 rings (SSSR count). The number of rotatable bonds is 13. The summed E-state index contributed by atoms with van der Waals surface area (Å²) in [7, 11) is 0. The fraction of sp³-hybridized carbons (Fsp3) is 0.778. The molecule has 0 bridgehead atoms. The predicted molar refractivity (Wildman–Crippen MR) is 113 cm³/mol. The average molecular weight is 448 g/mol. The van der Waals surface area contributed by atoms with Crippen LogP contribution >= 0.6 is 11.8 Å². The van der Waals surface area contributed by atoms with Crippen molar-refractivity contribution in [3.63, 3.8) is 0 Å². The van der Waals surface area contributed by atoms with Crippen LogP contribution in [0.4, 0.5) is 0 Å². The van der Waals surface area contributed by atoms with Crippen molar-refractivity contribution < 1.29 is 29.4 Å². The van der Waals surface area contributed by atoms with Crippen LogP contribution in [0.3, 0.4) is 0 Å². The zero-order chi connectivity index (χ0) is 22.7. The molecule has 0 aromatic heterocycles. The van der Waals surface area contributed by atoms with E-state index in [1.54, 1.807) is 0 Å². The second kappa shape index (κ2) is 13.4. The number of amides is 3. The van der Waals surface area contributed by atoms with Crippen molar-refractivity contribution in [1.82, 2.24) is 15.5 Å². The van der Waals surface area contributed by atoms with Gasteiger partial charge in [0.15, 0.2) is 0 Å². The highest BCUT2D eigenvalue weighted by molar-refractivity contribution is 7.98. The zero-order valence-corrected chi connectivity index (χ0v) is 18.0. The number of hydrogen-bond acceptors (Lipinski definition) is 8. The molecule has 4 atom stereocenters. The summed E-state index contributed by atoms with van der Waals surface area (Å²) < 4.78 is 0. The third-order valence-electron chi connectivity index (χ3n) is 4.88. The Morgan fingerprint density at radius 2 is 1.83 bits per heavy atom. The van der Waals surface area contributed by atoms with Crippen LogP contribution in [-0.2, 0) is 19.2 Å². The number of nitrogens with two attached hydrogens (primary N) is 2. The average Bonchev–Trinajstić information content (AvgIpc) is 3.11. The molecule has 12 heteroatoms. The number of β-amino-alcohol motifs (C(OH)–C–C–N with tert-alkyl or cyclic N) is 1. The fourth-order valence-electron chi connectivity index (χ4n) is 3.25. The molecule has 0 saturated carbocycles. The van der Waals surface area contributed by atoms with Crippen LogP contribution in [0.2, 0.25) is 0 Å². The molecule has 0 radical (unpaired) electrons. The van der Waals surface area contributed by atoms with Gasteiger partial charge in [-0.15, -0.1) is 0 Å². The molecule has 1 aliphatic heterocycles. The number of carboxylic acid groups (broad SMARTS) is 1. The third kappa shape index (κ3) is 8.09. The molecule has 1 saturated heterocycles. The smallest absolute Gasteiger partial charge is 0.326 e. The number of carboxylic acids is 1. The number of hydrogen-bond donors (Lipinski definition) is 6. The Bertz CT molecular complexity index is 608. The summed E-state index contributed by atoms with van der Waals surface area (Å²) in [6, 6.07) is -2.98. The van der Waals surface area contributed by atoms with Crippen molar-refractivity contribution in [1.29, 1.82) is 0 Å². The molecule has 0 spiro atoms. The van der Waals surface area contributed by atoms with E-state index in [2.05, 4.69) is 10.6 Å². The summed E-state index contributed by atoms with van der Waals surface area (Å²) in [4.78, 5) is 50.1. The SMILES string of the molecule is CSCC[C@H](NC(=O)C1CC(O)CN1C(=O)CN)C(=O)N[C@@H](CCCCN)C(=O)O. The number of aliphatic hydroxyl groups excluding tert-OH is 1. The quantitative estimate of drug-likeness (QED) is 0.171. The van der Waals surface area contributed by atoms with E-state index in [0.717, 1.165) is 0 Å². The van der Waals surface area contributed by atoms with Gasteiger partial charge in [0.25, 0.3) is 0 Å². The van der Waals surface area contributed by atoms with Gasteiger partial charge < -0.3 is 37.2 Å². The molecular weight excluding hydrogens is 414 g/mol. The van der Waals surface area contributed by atoms with Gasteiger partial charge in [0.1, 0.15) is 18.1 Å². The van der Waals surface area contributed by atoms with Gasteiger partial charge in [0, 0.05) is 13.0 Å². The minimum Gasteiger partial charge on any atom is -0.480 e. The fourth-order valence-corrected chi connectivity index (χ4v) is 3.72. The standard InChI is InChI=1S/C18H33N5O6S/c1-30-7-5-12(16(26)22-13(18(28)29)4-2-3-6-19)21-17(27)14-8-11(24)10-23(14)15(25)9-20/h11-14,24H,2-10,19-20H2,1H3,(H,21,27)(H,22,26)(H,28,29)/t11?,12-,13-,14?/m0/s1. The highest BCUT2D eigenvalue weighted by atomic mass is 32.2. The van der Waals surface area contributed by atoms with Gasteiger partial charge in [-0.05, 0) is 44.2 Å². The minimum atomic E-state index is -1.16. The number of carbonyl (C=O) groups is 4. The first-order chi connectivity index (χ1) is 14.2. The van der Waals surface area contributed by atoms with Gasteiger partial charge in [0.05, 0.1) is 12.6 Å². The lowest BCUT2D eigenvalue weighted by Crippen LogP contribution is -2.55. The second-order valence-electron chi connectivity index (χ2n) is 7.18. The van der Waals surface area contributed by atoms with Crippen molar-refractivity contribution in [3.05, 3.63) is 0 Å². The number of nitrogens with zero attached hydrogens (tertiary/aromatic N) is 1. The van der Waals surface area contributed by atoms with Gasteiger partial charge in [-0.1, -0.05) is 0 Å². The molecule has 3 amide bonds. The van der Waals surface area contributed by atoms with Crippen LogP contribution in [0.5, 0.6) is 0 Å². The first kappa shape index (κ1) is 26.1. The van der Waals surface area contributed by atoms with E-state index in [1.807, 2.05) is 6.26 Å². The highest BCUT2D eigenvalue weighted by Crippen LogP contribution is 2.18. The lowest BCUT2D eigenvalue weighted by molar-refractivity contribution is -0.143. The lowest BCUT2D eigenvalue weighted by atomic mass is 10.1. The predicted octanol–water partition coefficient (Wildman–Crippen LogP) is -2.16. The topological polar surface area (TPSA) is 188 Å². The Morgan fingerprint density at radius 3 is 2.40 bits per heavy atom. The molecule has 11 nitrogen and oxygen atoms in total. The van der Waals surface area contributed by atoms with Crippen LogP contribution in [-0.4, -0.2) is 94.7 Å². The summed E-state index contributed by atoms with van der Waals surface area (Å²) in [6.45, 7) is 0.131. The molecule has 0 aromatic rings. The van der Waals surface area contributed by atoms with Gasteiger partial charge in [-0.3, -0.25) is 14.4 Å². The Kier molecular flexibility index (Phi) is 11.7. The molecule has 2 unspecified atom stereocenters. The first-order valence-electron chi connectivity index (χ1n) is 9.95. The first-order valence-corrected chi connectivity index (χ1v) is 11.3. The normalized spacial score (nSPS) is 20.5. The van der Waals surface area contributed by atoms with Crippen LogP contribution in [0.1, 0.15) is 32.1 Å². The molecule has 1 heterocycles. The summed E-state index contributed by atoms with van der Waals surface area (Å²) in [5.41, 5.74) is 10.8.